The molecule has 5 heteroatoms. The Balaban J connectivity index is 2.08. The molecule has 72 valence electrons. The van der Waals surface area contributed by atoms with Gasteiger partial charge in [-0.1, -0.05) is 0 Å². The van der Waals surface area contributed by atoms with Crippen molar-refractivity contribution in [1.29, 1.82) is 0 Å². The standard InChI is InChI=1S/C8H14N4O/c1-12-3-2-6(5-12)8-11-10-7(4-9)13-8/h6H,2-5,9H2,1H3/t6-/m1/s1. The number of hydrogen-bond donors (Lipinski definition) is 1. The molecule has 1 aromatic rings. The highest BCUT2D eigenvalue weighted by Gasteiger charge is 2.25. The second kappa shape index (κ2) is 3.43. The molecule has 0 bridgehead atoms. The number of aromatic nitrogens is 2. The molecule has 0 aliphatic carbocycles. The Morgan fingerprint density at radius 3 is 3.00 bits per heavy atom. The van der Waals surface area contributed by atoms with Crippen LogP contribution < -0.4 is 5.73 Å². The Morgan fingerprint density at radius 2 is 2.46 bits per heavy atom. The molecular weight excluding hydrogens is 168 g/mol. The second-order valence-corrected chi connectivity index (χ2v) is 3.49. The highest BCUT2D eigenvalue weighted by Crippen LogP contribution is 2.24. The van der Waals surface area contributed by atoms with Crippen LogP contribution in [0, 0.1) is 0 Å². The molecule has 1 atom stereocenters. The van der Waals surface area contributed by atoms with Crippen molar-refractivity contribution >= 4 is 0 Å². The predicted molar refractivity (Wildman–Crippen MR) is 47.0 cm³/mol. The molecule has 1 aliphatic heterocycles. The molecule has 0 aromatic carbocycles. The molecule has 0 unspecified atom stereocenters. The van der Waals surface area contributed by atoms with Crippen LogP contribution in [0.1, 0.15) is 24.1 Å². The molecule has 2 heterocycles. The number of likely N-dealkylation sites (N-methyl/N-ethyl adjacent to an activating group) is 1. The molecule has 5 nitrogen and oxygen atoms in total. The highest BCUT2D eigenvalue weighted by molar-refractivity contribution is 4.96. The van der Waals surface area contributed by atoms with Crippen molar-refractivity contribution in [1.82, 2.24) is 15.1 Å². The molecule has 1 aliphatic rings. The topological polar surface area (TPSA) is 68.2 Å². The van der Waals surface area contributed by atoms with E-state index >= 15 is 0 Å². The average Bonchev–Trinajstić information content (AvgIpc) is 2.71. The molecule has 0 spiro atoms. The molecule has 1 saturated heterocycles. The van der Waals surface area contributed by atoms with E-state index in [1.807, 2.05) is 0 Å². The lowest BCUT2D eigenvalue weighted by Gasteiger charge is -2.05. The lowest BCUT2D eigenvalue weighted by molar-refractivity contribution is 0.383. The molecule has 13 heavy (non-hydrogen) atoms. The summed E-state index contributed by atoms with van der Waals surface area (Å²) >= 11 is 0. The van der Waals surface area contributed by atoms with E-state index in [0.717, 1.165) is 25.4 Å². The van der Waals surface area contributed by atoms with Crippen LogP contribution in [0.3, 0.4) is 0 Å². The van der Waals surface area contributed by atoms with Gasteiger partial charge in [-0.15, -0.1) is 10.2 Å². The molecule has 2 N–H and O–H groups in total. The molecular formula is C8H14N4O. The minimum Gasteiger partial charge on any atom is -0.424 e. The van der Waals surface area contributed by atoms with E-state index in [0.29, 0.717) is 18.4 Å². The third kappa shape index (κ3) is 1.71. The van der Waals surface area contributed by atoms with E-state index in [-0.39, 0.29) is 0 Å². The van der Waals surface area contributed by atoms with Gasteiger partial charge in [0, 0.05) is 6.54 Å². The van der Waals surface area contributed by atoms with E-state index in [4.69, 9.17) is 10.2 Å². The fourth-order valence-corrected chi connectivity index (χ4v) is 1.65. The van der Waals surface area contributed by atoms with E-state index in [9.17, 15) is 0 Å². The molecule has 0 saturated carbocycles. The van der Waals surface area contributed by atoms with Crippen molar-refractivity contribution in [3.8, 4) is 0 Å². The van der Waals surface area contributed by atoms with E-state index in [1.165, 1.54) is 0 Å². The van der Waals surface area contributed by atoms with Gasteiger partial charge in [-0.3, -0.25) is 0 Å². The number of likely N-dealkylation sites (tertiary alicyclic amines) is 1. The number of nitrogens with zero attached hydrogens (tertiary/aromatic N) is 3. The Bertz CT molecular complexity index is 285. The van der Waals surface area contributed by atoms with Gasteiger partial charge in [-0.05, 0) is 20.0 Å². The predicted octanol–water partition coefficient (Wildman–Crippen LogP) is -0.0526. The van der Waals surface area contributed by atoms with Crippen LogP contribution in [0.25, 0.3) is 0 Å². The summed E-state index contributed by atoms with van der Waals surface area (Å²) in [5.41, 5.74) is 5.38. The second-order valence-electron chi connectivity index (χ2n) is 3.49. The minimum absolute atomic E-state index is 0.329. The van der Waals surface area contributed by atoms with Crippen LogP contribution in [-0.2, 0) is 6.54 Å². The first-order valence-corrected chi connectivity index (χ1v) is 4.50. The normalized spacial score (nSPS) is 24.0. The van der Waals surface area contributed by atoms with Crippen molar-refractivity contribution in [2.75, 3.05) is 20.1 Å². The Labute approximate surface area is 76.9 Å². The van der Waals surface area contributed by atoms with Crippen molar-refractivity contribution in [3.05, 3.63) is 11.8 Å². The maximum Gasteiger partial charge on any atom is 0.230 e. The van der Waals surface area contributed by atoms with Crippen molar-refractivity contribution in [2.24, 2.45) is 5.73 Å². The number of rotatable bonds is 2. The Kier molecular flexibility index (Phi) is 2.28. The SMILES string of the molecule is CN1CC[C@@H](c2nnc(CN)o2)C1. The van der Waals surface area contributed by atoms with Crippen molar-refractivity contribution in [2.45, 2.75) is 18.9 Å². The lowest BCUT2D eigenvalue weighted by Crippen LogP contribution is -2.13. The largest absolute Gasteiger partial charge is 0.424 e. The molecule has 1 aromatic heterocycles. The zero-order valence-electron chi connectivity index (χ0n) is 7.73. The number of hydrogen-bond acceptors (Lipinski definition) is 5. The molecule has 0 amide bonds. The van der Waals surface area contributed by atoms with E-state index in [2.05, 4.69) is 22.1 Å². The molecule has 1 fully saturated rings. The van der Waals surface area contributed by atoms with Gasteiger partial charge in [0.05, 0.1) is 12.5 Å². The third-order valence-corrected chi connectivity index (χ3v) is 2.40. The van der Waals surface area contributed by atoms with Crippen LogP contribution >= 0.6 is 0 Å². The summed E-state index contributed by atoms with van der Waals surface area (Å²) in [4.78, 5) is 2.26. The number of nitrogens with two attached hydrogens (primary N) is 1. The van der Waals surface area contributed by atoms with Crippen molar-refractivity contribution in [3.63, 3.8) is 0 Å². The fourth-order valence-electron chi connectivity index (χ4n) is 1.65. The summed E-state index contributed by atoms with van der Waals surface area (Å²) in [6.07, 6.45) is 1.10. The molecule has 0 radical (unpaired) electrons. The van der Waals surface area contributed by atoms with Gasteiger partial charge in [0.2, 0.25) is 11.8 Å². The molecule has 2 rings (SSSR count). The maximum atomic E-state index is 5.39. The third-order valence-electron chi connectivity index (χ3n) is 2.40. The zero-order valence-corrected chi connectivity index (χ0v) is 7.73. The van der Waals surface area contributed by atoms with Crippen LogP contribution in [0.4, 0.5) is 0 Å². The summed E-state index contributed by atoms with van der Waals surface area (Å²) in [7, 11) is 2.10. The van der Waals surface area contributed by atoms with E-state index in [1.54, 1.807) is 0 Å². The van der Waals surface area contributed by atoms with Crippen LogP contribution in [0.15, 0.2) is 4.42 Å². The zero-order chi connectivity index (χ0) is 9.26. The first-order valence-electron chi connectivity index (χ1n) is 4.50. The van der Waals surface area contributed by atoms with Gasteiger partial charge in [-0.25, -0.2) is 0 Å². The van der Waals surface area contributed by atoms with Gasteiger partial charge >= 0.3 is 0 Å². The Hall–Kier alpha value is -0.940. The fraction of sp³-hybridized carbons (Fsp3) is 0.750. The lowest BCUT2D eigenvalue weighted by atomic mass is 10.1. The summed E-state index contributed by atoms with van der Waals surface area (Å²) in [5, 5.41) is 7.82. The van der Waals surface area contributed by atoms with Crippen LogP contribution in [0.2, 0.25) is 0 Å². The quantitative estimate of drug-likeness (QED) is 0.694. The Morgan fingerprint density at radius 1 is 1.62 bits per heavy atom. The minimum atomic E-state index is 0.329. The maximum absolute atomic E-state index is 5.39. The summed E-state index contributed by atoms with van der Waals surface area (Å²) in [6, 6.07) is 0. The van der Waals surface area contributed by atoms with Gasteiger partial charge in [0.1, 0.15) is 0 Å². The smallest absolute Gasteiger partial charge is 0.230 e. The van der Waals surface area contributed by atoms with Gasteiger partial charge in [0.15, 0.2) is 0 Å². The van der Waals surface area contributed by atoms with Crippen LogP contribution in [0.5, 0.6) is 0 Å². The first-order chi connectivity index (χ1) is 6.29. The van der Waals surface area contributed by atoms with E-state index < -0.39 is 0 Å². The monoisotopic (exact) mass is 182 g/mol. The summed E-state index contributed by atoms with van der Waals surface area (Å²) in [6.45, 7) is 2.44. The van der Waals surface area contributed by atoms with Gasteiger partial charge in [0.25, 0.3) is 0 Å². The first kappa shape index (κ1) is 8.65. The highest BCUT2D eigenvalue weighted by atomic mass is 16.4. The van der Waals surface area contributed by atoms with Gasteiger partial charge in [-0.2, -0.15) is 0 Å². The summed E-state index contributed by atoms with van der Waals surface area (Å²) in [5.74, 6) is 1.67. The van der Waals surface area contributed by atoms with Crippen LogP contribution in [-0.4, -0.2) is 35.2 Å². The van der Waals surface area contributed by atoms with Gasteiger partial charge < -0.3 is 15.1 Å². The summed E-state index contributed by atoms with van der Waals surface area (Å²) < 4.78 is 5.39. The average molecular weight is 182 g/mol. The van der Waals surface area contributed by atoms with Crippen molar-refractivity contribution < 1.29 is 4.42 Å².